The number of sulfone groups is 1. The second kappa shape index (κ2) is 5.59. The van der Waals surface area contributed by atoms with Gasteiger partial charge in [0.05, 0.1) is 12.9 Å². The molecule has 0 saturated heterocycles. The summed E-state index contributed by atoms with van der Waals surface area (Å²) in [5.41, 5.74) is 0. The second-order valence-electron chi connectivity index (χ2n) is 3.28. The summed E-state index contributed by atoms with van der Waals surface area (Å²) in [5, 5.41) is 8.44. The first-order chi connectivity index (χ1) is 8.33. The highest BCUT2D eigenvalue weighted by molar-refractivity contribution is 7.93. The first kappa shape index (κ1) is 14.8. The highest BCUT2D eigenvalue weighted by Gasteiger charge is 2.23. The Balaban J connectivity index is 2.97. The van der Waals surface area contributed by atoms with Gasteiger partial charge >= 0.3 is 6.03 Å². The molecule has 0 aromatic carbocycles. The van der Waals surface area contributed by atoms with Crippen LogP contribution in [0.15, 0.2) is 4.34 Å². The van der Waals surface area contributed by atoms with Crippen molar-refractivity contribution in [3.63, 3.8) is 0 Å². The van der Waals surface area contributed by atoms with E-state index in [1.54, 1.807) is 0 Å². The van der Waals surface area contributed by atoms with Crippen molar-refractivity contribution >= 4 is 32.3 Å². The molecule has 0 saturated carbocycles. The predicted octanol–water partition coefficient (Wildman–Crippen LogP) is 0.381. The van der Waals surface area contributed by atoms with Gasteiger partial charge in [0.1, 0.15) is 0 Å². The van der Waals surface area contributed by atoms with Gasteiger partial charge in [-0.15, -0.1) is 10.2 Å². The van der Waals surface area contributed by atoms with E-state index in [0.29, 0.717) is 0 Å². The summed E-state index contributed by atoms with van der Waals surface area (Å²) in [6.07, 6.45) is 0. The molecule has 1 heterocycles. The number of hydrogen-bond acceptors (Lipinski definition) is 7. The number of aromatic nitrogens is 2. The zero-order valence-corrected chi connectivity index (χ0v) is 12.1. The number of hydroxylamine groups is 2. The Labute approximate surface area is 109 Å². The van der Waals surface area contributed by atoms with Crippen LogP contribution >= 0.6 is 11.3 Å². The van der Waals surface area contributed by atoms with Crippen LogP contribution in [-0.2, 0) is 14.7 Å². The van der Waals surface area contributed by atoms with Gasteiger partial charge in [0.15, 0.2) is 0 Å². The third kappa shape index (κ3) is 2.94. The predicted molar refractivity (Wildman–Crippen MR) is 66.2 cm³/mol. The van der Waals surface area contributed by atoms with E-state index in [1.165, 1.54) is 28.1 Å². The van der Waals surface area contributed by atoms with E-state index in [9.17, 15) is 13.2 Å². The van der Waals surface area contributed by atoms with Crippen molar-refractivity contribution in [3.8, 4) is 0 Å². The molecular formula is C8H14N4O4S2. The molecule has 1 rings (SSSR count). The van der Waals surface area contributed by atoms with Crippen molar-refractivity contribution in [3.05, 3.63) is 0 Å². The molecule has 0 aliphatic carbocycles. The average molecular weight is 294 g/mol. The SMILES string of the molecule is CCS(=O)(=O)c1nnc(N(C)C(=O)N(C)OC)s1. The van der Waals surface area contributed by atoms with E-state index in [1.807, 2.05) is 0 Å². The normalized spacial score (nSPS) is 11.3. The molecule has 0 N–H and O–H groups in total. The Morgan fingerprint density at radius 3 is 2.50 bits per heavy atom. The first-order valence-corrected chi connectivity index (χ1v) is 7.42. The molecule has 1 aromatic heterocycles. The van der Waals surface area contributed by atoms with Crippen LogP contribution in [0.25, 0.3) is 0 Å². The molecule has 0 fully saturated rings. The molecule has 10 heteroatoms. The summed E-state index contributed by atoms with van der Waals surface area (Å²) >= 11 is 0.841. The Morgan fingerprint density at radius 1 is 1.39 bits per heavy atom. The Hall–Kier alpha value is -1.26. The number of amides is 2. The fraction of sp³-hybridized carbons (Fsp3) is 0.625. The molecule has 2 amide bonds. The number of carbonyl (C=O) groups excluding carboxylic acids is 1. The molecule has 8 nitrogen and oxygen atoms in total. The summed E-state index contributed by atoms with van der Waals surface area (Å²) < 4.78 is 23.0. The van der Waals surface area contributed by atoms with Gasteiger partial charge in [0.2, 0.25) is 19.3 Å². The smallest absolute Gasteiger partial charge is 0.273 e. The zero-order chi connectivity index (χ0) is 13.9. The van der Waals surface area contributed by atoms with E-state index in [2.05, 4.69) is 10.2 Å². The summed E-state index contributed by atoms with van der Waals surface area (Å²) in [4.78, 5) is 17.6. The van der Waals surface area contributed by atoms with Gasteiger partial charge in [-0.25, -0.2) is 18.3 Å². The molecule has 0 radical (unpaired) electrons. The summed E-state index contributed by atoms with van der Waals surface area (Å²) in [6, 6.07) is -0.478. The summed E-state index contributed by atoms with van der Waals surface area (Å²) in [6.45, 7) is 1.52. The lowest BCUT2D eigenvalue weighted by atomic mass is 10.8. The van der Waals surface area contributed by atoms with Gasteiger partial charge in [-0.1, -0.05) is 18.3 Å². The number of anilines is 1. The van der Waals surface area contributed by atoms with Gasteiger partial charge < -0.3 is 0 Å². The van der Waals surface area contributed by atoms with Crippen molar-refractivity contribution in [2.75, 3.05) is 31.9 Å². The molecular weight excluding hydrogens is 280 g/mol. The van der Waals surface area contributed by atoms with Gasteiger partial charge in [-0.3, -0.25) is 9.74 Å². The zero-order valence-electron chi connectivity index (χ0n) is 10.4. The van der Waals surface area contributed by atoms with E-state index >= 15 is 0 Å². The lowest BCUT2D eigenvalue weighted by molar-refractivity contribution is -0.0619. The van der Waals surface area contributed by atoms with Crippen LogP contribution in [0.3, 0.4) is 0 Å². The molecule has 0 unspecified atom stereocenters. The molecule has 0 bridgehead atoms. The van der Waals surface area contributed by atoms with E-state index < -0.39 is 15.9 Å². The van der Waals surface area contributed by atoms with Crippen LogP contribution < -0.4 is 4.90 Å². The highest BCUT2D eigenvalue weighted by Crippen LogP contribution is 2.24. The number of urea groups is 1. The quantitative estimate of drug-likeness (QED) is 0.589. The maximum atomic E-state index is 11.7. The van der Waals surface area contributed by atoms with Crippen molar-refractivity contribution in [2.45, 2.75) is 11.3 Å². The van der Waals surface area contributed by atoms with Gasteiger partial charge in [0, 0.05) is 14.1 Å². The number of carbonyl (C=O) groups is 1. The van der Waals surface area contributed by atoms with Crippen molar-refractivity contribution < 1.29 is 18.0 Å². The fourth-order valence-electron chi connectivity index (χ4n) is 0.958. The molecule has 18 heavy (non-hydrogen) atoms. The Bertz CT molecular complexity index is 527. The molecule has 102 valence electrons. The number of rotatable bonds is 4. The molecule has 1 aromatic rings. The topological polar surface area (TPSA) is 92.7 Å². The van der Waals surface area contributed by atoms with E-state index in [4.69, 9.17) is 4.84 Å². The van der Waals surface area contributed by atoms with Crippen LogP contribution in [0.5, 0.6) is 0 Å². The first-order valence-electron chi connectivity index (χ1n) is 4.95. The molecule has 0 aliphatic heterocycles. The average Bonchev–Trinajstić information content (AvgIpc) is 2.86. The minimum absolute atomic E-state index is 0.0583. The minimum Gasteiger partial charge on any atom is -0.273 e. The van der Waals surface area contributed by atoms with Crippen LogP contribution in [0.4, 0.5) is 9.93 Å². The summed E-state index contributed by atoms with van der Waals surface area (Å²) in [5.74, 6) is -0.0583. The van der Waals surface area contributed by atoms with E-state index in [-0.39, 0.29) is 15.2 Å². The van der Waals surface area contributed by atoms with Crippen molar-refractivity contribution in [2.24, 2.45) is 0 Å². The monoisotopic (exact) mass is 294 g/mol. The van der Waals surface area contributed by atoms with Crippen LogP contribution in [0.2, 0.25) is 0 Å². The maximum absolute atomic E-state index is 11.7. The number of hydrogen-bond donors (Lipinski definition) is 0. The van der Waals surface area contributed by atoms with E-state index in [0.717, 1.165) is 21.3 Å². The van der Waals surface area contributed by atoms with Crippen LogP contribution in [-0.4, -0.2) is 56.7 Å². The Morgan fingerprint density at radius 2 is 2.00 bits per heavy atom. The minimum atomic E-state index is -3.40. The lowest BCUT2D eigenvalue weighted by Gasteiger charge is -2.19. The summed E-state index contributed by atoms with van der Waals surface area (Å²) in [7, 11) is 0.839. The maximum Gasteiger partial charge on any atom is 0.349 e. The highest BCUT2D eigenvalue weighted by atomic mass is 32.2. The standard InChI is InChI=1S/C8H14N4O4S2/c1-5-18(14,15)7-10-9-6(17-7)11(2)8(13)12(3)16-4/h5H2,1-4H3. The third-order valence-electron chi connectivity index (χ3n) is 2.16. The lowest BCUT2D eigenvalue weighted by Crippen LogP contribution is -2.38. The van der Waals surface area contributed by atoms with Gasteiger partial charge in [0.25, 0.3) is 0 Å². The third-order valence-corrected chi connectivity index (χ3v) is 5.34. The fourth-order valence-corrected chi connectivity index (χ4v) is 2.99. The molecule has 0 atom stereocenters. The number of nitrogens with zero attached hydrogens (tertiary/aromatic N) is 4. The molecule has 0 spiro atoms. The van der Waals surface area contributed by atoms with Crippen LogP contribution in [0, 0.1) is 0 Å². The molecule has 0 aliphatic rings. The van der Waals surface area contributed by atoms with Crippen LogP contribution in [0.1, 0.15) is 6.92 Å². The largest absolute Gasteiger partial charge is 0.349 e. The van der Waals surface area contributed by atoms with Gasteiger partial charge in [-0.05, 0) is 0 Å². The van der Waals surface area contributed by atoms with Gasteiger partial charge in [-0.2, -0.15) is 0 Å². The van der Waals surface area contributed by atoms with Crippen molar-refractivity contribution in [1.29, 1.82) is 0 Å². The second-order valence-corrected chi connectivity index (χ2v) is 6.68. The van der Waals surface area contributed by atoms with Crippen molar-refractivity contribution in [1.82, 2.24) is 15.3 Å². The Kier molecular flexibility index (Phi) is 4.59.